The lowest BCUT2D eigenvalue weighted by Gasteiger charge is -2.18. The molecule has 0 fully saturated rings. The molecule has 0 saturated heterocycles. The Morgan fingerprint density at radius 1 is 1.14 bits per heavy atom. The maximum Gasteiger partial charge on any atom is 0.195 e. The topological polar surface area (TPSA) is 83.6 Å². The van der Waals surface area contributed by atoms with Gasteiger partial charge in [-0.05, 0) is 24.1 Å². The van der Waals surface area contributed by atoms with Crippen molar-refractivity contribution in [3.8, 4) is 0 Å². The fourth-order valence-corrected chi connectivity index (χ4v) is 2.66. The average Bonchev–Trinajstić information content (AvgIpc) is 2.55. The molecule has 2 rings (SSSR count). The van der Waals surface area contributed by atoms with E-state index in [0.717, 1.165) is 0 Å². The Hall–Kier alpha value is -1.69. The van der Waals surface area contributed by atoms with Gasteiger partial charge in [0.25, 0.3) is 0 Å². The van der Waals surface area contributed by atoms with Crippen LogP contribution in [-0.4, -0.2) is 27.4 Å². The number of aliphatic hydroxyl groups is 2. The zero-order valence-electron chi connectivity index (χ0n) is 11.9. The van der Waals surface area contributed by atoms with Gasteiger partial charge in [-0.3, -0.25) is 4.79 Å². The van der Waals surface area contributed by atoms with E-state index in [9.17, 15) is 15.0 Å². The zero-order chi connectivity index (χ0) is 16.1. The van der Waals surface area contributed by atoms with Crippen molar-refractivity contribution in [2.45, 2.75) is 18.6 Å². The van der Waals surface area contributed by atoms with Gasteiger partial charge < -0.3 is 15.9 Å². The van der Waals surface area contributed by atoms with Gasteiger partial charge in [0.05, 0.1) is 6.10 Å². The van der Waals surface area contributed by atoms with Crippen LogP contribution in [0.3, 0.4) is 0 Å². The Labute approximate surface area is 137 Å². The summed E-state index contributed by atoms with van der Waals surface area (Å²) in [5.74, 6) is -0.206. The Kier molecular flexibility index (Phi) is 5.71. The highest BCUT2D eigenvalue weighted by atomic mass is 79.9. The molecular weight excluding hydrogens is 346 g/mol. The Bertz CT molecular complexity index is 646. The van der Waals surface area contributed by atoms with Crippen LogP contribution in [0.4, 0.5) is 5.69 Å². The number of hydrogen-bond acceptors (Lipinski definition) is 4. The van der Waals surface area contributed by atoms with Gasteiger partial charge in [-0.2, -0.15) is 0 Å². The fourth-order valence-electron chi connectivity index (χ4n) is 2.19. The lowest BCUT2D eigenvalue weighted by Crippen LogP contribution is -2.19. The number of anilines is 1. The minimum atomic E-state index is -1.06. The fraction of sp³-hybridized carbons (Fsp3) is 0.235. The first-order valence-electron chi connectivity index (χ1n) is 6.96. The average molecular weight is 364 g/mol. The Morgan fingerprint density at radius 3 is 2.45 bits per heavy atom. The number of nitrogens with two attached hydrogens (primary N) is 1. The predicted octanol–water partition coefficient (Wildman–Crippen LogP) is 2.68. The van der Waals surface area contributed by atoms with Crippen LogP contribution in [0.15, 0.2) is 48.5 Å². The highest BCUT2D eigenvalue weighted by molar-refractivity contribution is 9.09. The first kappa shape index (κ1) is 16.7. The van der Waals surface area contributed by atoms with E-state index in [1.807, 2.05) is 6.07 Å². The molecule has 2 aromatic rings. The third-order valence-electron chi connectivity index (χ3n) is 3.47. The molecule has 5 heteroatoms. The van der Waals surface area contributed by atoms with E-state index in [2.05, 4.69) is 15.9 Å². The normalized spacial score (nSPS) is 13.6. The molecule has 0 spiro atoms. The van der Waals surface area contributed by atoms with Crippen molar-refractivity contribution in [2.24, 2.45) is 0 Å². The van der Waals surface area contributed by atoms with Crippen LogP contribution in [-0.2, 0) is 0 Å². The van der Waals surface area contributed by atoms with E-state index >= 15 is 0 Å². The van der Waals surface area contributed by atoms with Gasteiger partial charge in [0, 0.05) is 22.1 Å². The molecule has 0 bridgehead atoms. The molecule has 2 unspecified atom stereocenters. The molecule has 2 atom stereocenters. The van der Waals surface area contributed by atoms with Gasteiger partial charge in [-0.25, -0.2) is 0 Å². The highest BCUT2D eigenvalue weighted by Crippen LogP contribution is 2.25. The van der Waals surface area contributed by atoms with Crippen molar-refractivity contribution in [3.05, 3.63) is 65.2 Å². The van der Waals surface area contributed by atoms with E-state index in [1.54, 1.807) is 42.5 Å². The number of halogens is 1. The molecule has 22 heavy (non-hydrogen) atoms. The first-order chi connectivity index (χ1) is 10.5. The van der Waals surface area contributed by atoms with Crippen LogP contribution in [0.2, 0.25) is 0 Å². The van der Waals surface area contributed by atoms with E-state index in [0.29, 0.717) is 34.1 Å². The third kappa shape index (κ3) is 3.74. The highest BCUT2D eigenvalue weighted by Gasteiger charge is 2.20. The summed E-state index contributed by atoms with van der Waals surface area (Å²) >= 11 is 3.23. The molecule has 0 aliphatic rings. The zero-order valence-corrected chi connectivity index (χ0v) is 13.5. The maximum atomic E-state index is 12.5. The SMILES string of the molecule is Nc1ccc(C(O)C(O)CCBr)cc1C(=O)c1ccccc1. The lowest BCUT2D eigenvalue weighted by atomic mass is 9.95. The van der Waals surface area contributed by atoms with Gasteiger partial charge in [-0.1, -0.05) is 52.3 Å². The minimum Gasteiger partial charge on any atom is -0.398 e. The first-order valence-corrected chi connectivity index (χ1v) is 8.08. The van der Waals surface area contributed by atoms with Crippen molar-refractivity contribution >= 4 is 27.4 Å². The molecule has 0 aliphatic carbocycles. The Morgan fingerprint density at radius 2 is 1.82 bits per heavy atom. The number of ketones is 1. The minimum absolute atomic E-state index is 0.206. The molecule has 0 heterocycles. The third-order valence-corrected chi connectivity index (χ3v) is 3.93. The number of benzene rings is 2. The molecular formula is C17H18BrNO3. The predicted molar refractivity (Wildman–Crippen MR) is 90.1 cm³/mol. The number of alkyl halides is 1. The molecule has 2 aromatic carbocycles. The number of nitrogen functional groups attached to an aromatic ring is 1. The smallest absolute Gasteiger partial charge is 0.195 e. The number of rotatable bonds is 6. The summed E-state index contributed by atoms with van der Waals surface area (Å²) in [5.41, 5.74) is 7.57. The van der Waals surface area contributed by atoms with Crippen LogP contribution >= 0.6 is 15.9 Å². The maximum absolute atomic E-state index is 12.5. The lowest BCUT2D eigenvalue weighted by molar-refractivity contribution is 0.0173. The summed E-state index contributed by atoms with van der Waals surface area (Å²) in [6.07, 6.45) is -1.55. The largest absolute Gasteiger partial charge is 0.398 e. The monoisotopic (exact) mass is 363 g/mol. The molecule has 0 radical (unpaired) electrons. The number of hydrogen-bond donors (Lipinski definition) is 3. The summed E-state index contributed by atoms with van der Waals surface area (Å²) in [5, 5.41) is 20.6. The van der Waals surface area contributed by atoms with E-state index < -0.39 is 12.2 Å². The van der Waals surface area contributed by atoms with Gasteiger partial charge in [-0.15, -0.1) is 0 Å². The molecule has 4 nitrogen and oxygen atoms in total. The molecule has 116 valence electrons. The molecule has 0 aromatic heterocycles. The Balaban J connectivity index is 2.33. The van der Waals surface area contributed by atoms with Crippen LogP contribution in [0.5, 0.6) is 0 Å². The van der Waals surface area contributed by atoms with Crippen LogP contribution in [0.1, 0.15) is 34.0 Å². The summed E-state index contributed by atoms with van der Waals surface area (Å²) in [4.78, 5) is 12.5. The van der Waals surface area contributed by atoms with Gasteiger partial charge in [0.1, 0.15) is 6.10 Å². The quantitative estimate of drug-likeness (QED) is 0.418. The molecule has 0 aliphatic heterocycles. The summed E-state index contributed by atoms with van der Waals surface area (Å²) < 4.78 is 0. The van der Waals surface area contributed by atoms with Crippen LogP contribution in [0, 0.1) is 0 Å². The van der Waals surface area contributed by atoms with E-state index in [-0.39, 0.29) is 5.78 Å². The van der Waals surface area contributed by atoms with Crippen molar-refractivity contribution in [2.75, 3.05) is 11.1 Å². The van der Waals surface area contributed by atoms with Crippen LogP contribution in [0.25, 0.3) is 0 Å². The van der Waals surface area contributed by atoms with Gasteiger partial charge in [0.2, 0.25) is 0 Å². The van der Waals surface area contributed by atoms with Crippen molar-refractivity contribution in [1.29, 1.82) is 0 Å². The standard InChI is InChI=1S/C17H18BrNO3/c18-9-8-15(20)17(22)12-6-7-14(19)13(10-12)16(21)11-4-2-1-3-5-11/h1-7,10,15,17,20,22H,8-9,19H2. The molecule has 0 amide bonds. The summed E-state index contributed by atoms with van der Waals surface area (Å²) in [6, 6.07) is 13.6. The second kappa shape index (κ2) is 7.54. The van der Waals surface area contributed by atoms with Crippen molar-refractivity contribution in [1.82, 2.24) is 0 Å². The van der Waals surface area contributed by atoms with Crippen molar-refractivity contribution in [3.63, 3.8) is 0 Å². The number of carbonyl (C=O) groups excluding carboxylic acids is 1. The molecule has 4 N–H and O–H groups in total. The second-order valence-corrected chi connectivity index (χ2v) is 5.82. The van der Waals surface area contributed by atoms with E-state index in [4.69, 9.17) is 5.73 Å². The number of carbonyl (C=O) groups is 1. The second-order valence-electron chi connectivity index (χ2n) is 5.03. The van der Waals surface area contributed by atoms with E-state index in [1.165, 1.54) is 0 Å². The van der Waals surface area contributed by atoms with Crippen molar-refractivity contribution < 1.29 is 15.0 Å². The van der Waals surface area contributed by atoms with Gasteiger partial charge in [0.15, 0.2) is 5.78 Å². The number of aliphatic hydroxyl groups excluding tert-OH is 2. The van der Waals surface area contributed by atoms with Gasteiger partial charge >= 0.3 is 0 Å². The summed E-state index contributed by atoms with van der Waals surface area (Å²) in [6.45, 7) is 0. The summed E-state index contributed by atoms with van der Waals surface area (Å²) in [7, 11) is 0. The molecule has 0 saturated carbocycles. The van der Waals surface area contributed by atoms with Crippen LogP contribution < -0.4 is 5.73 Å².